The van der Waals surface area contributed by atoms with Gasteiger partial charge in [0.05, 0.1) is 0 Å². The Kier molecular flexibility index (Phi) is 4.11. The predicted octanol–water partition coefficient (Wildman–Crippen LogP) is 2.18. The number of aromatic carboxylic acids is 1. The number of likely N-dealkylation sites (N-methyl/N-ethyl adjacent to an activating group) is 1. The average Bonchev–Trinajstić information content (AvgIpc) is 2.85. The summed E-state index contributed by atoms with van der Waals surface area (Å²) in [7, 11) is 2.07. The second kappa shape index (κ2) is 6.19. The first-order valence-electron chi connectivity index (χ1n) is 7.38. The maximum atomic E-state index is 11.7. The lowest BCUT2D eigenvalue weighted by Crippen LogP contribution is -2.30. The van der Waals surface area contributed by atoms with E-state index in [1.165, 1.54) is 0 Å². The molecule has 2 heterocycles. The van der Waals surface area contributed by atoms with E-state index in [-0.39, 0.29) is 5.56 Å². The zero-order valence-corrected chi connectivity index (χ0v) is 12.5. The summed E-state index contributed by atoms with van der Waals surface area (Å²) >= 11 is 0. The van der Waals surface area contributed by atoms with Gasteiger partial charge in [-0.25, -0.2) is 4.79 Å². The summed E-state index contributed by atoms with van der Waals surface area (Å²) in [6, 6.07) is 9.24. The Bertz CT molecular complexity index is 654. The first-order valence-corrected chi connectivity index (χ1v) is 7.38. The molecule has 6 heteroatoms. The summed E-state index contributed by atoms with van der Waals surface area (Å²) in [6.45, 7) is 3.41. The van der Waals surface area contributed by atoms with Crippen molar-refractivity contribution in [2.24, 2.45) is 0 Å². The predicted molar refractivity (Wildman–Crippen MR) is 83.2 cm³/mol. The molecular weight excluding hydrogens is 282 g/mol. The quantitative estimate of drug-likeness (QED) is 0.937. The van der Waals surface area contributed by atoms with Crippen LogP contribution in [0.1, 0.15) is 16.8 Å². The largest absolute Gasteiger partial charge is 0.477 e. The fourth-order valence-electron chi connectivity index (χ4n) is 2.74. The molecule has 0 bridgehead atoms. The van der Waals surface area contributed by atoms with Crippen LogP contribution in [-0.2, 0) is 0 Å². The van der Waals surface area contributed by atoms with Gasteiger partial charge in [-0.3, -0.25) is 0 Å². The van der Waals surface area contributed by atoms with Crippen LogP contribution in [0.3, 0.4) is 0 Å². The molecule has 1 aliphatic rings. The number of aromatic nitrogens is 1. The molecule has 0 spiro atoms. The van der Waals surface area contributed by atoms with Gasteiger partial charge >= 0.3 is 5.97 Å². The summed E-state index contributed by atoms with van der Waals surface area (Å²) in [6.07, 6.45) is 0.975. The second-order valence-corrected chi connectivity index (χ2v) is 5.53. The summed E-state index contributed by atoms with van der Waals surface area (Å²) in [5.41, 5.74) is 0.876. The molecule has 3 rings (SSSR count). The third kappa shape index (κ3) is 2.82. The number of nitrogens with zero attached hydrogens (tertiary/aromatic N) is 3. The minimum Gasteiger partial charge on any atom is -0.477 e. The van der Waals surface area contributed by atoms with Crippen LogP contribution in [0.5, 0.6) is 0 Å². The molecule has 22 heavy (non-hydrogen) atoms. The van der Waals surface area contributed by atoms with Crippen molar-refractivity contribution in [3.63, 3.8) is 0 Å². The molecule has 0 saturated carbocycles. The van der Waals surface area contributed by atoms with Crippen molar-refractivity contribution in [2.75, 3.05) is 38.1 Å². The Hall–Kier alpha value is -2.34. The second-order valence-electron chi connectivity index (χ2n) is 5.53. The smallest absolute Gasteiger partial charge is 0.343 e. The lowest BCUT2D eigenvalue weighted by molar-refractivity contribution is 0.0698. The fourth-order valence-corrected chi connectivity index (χ4v) is 2.74. The summed E-state index contributed by atoms with van der Waals surface area (Å²) in [5.74, 6) is -0.255. The molecule has 2 aromatic rings. The van der Waals surface area contributed by atoms with E-state index in [2.05, 4.69) is 17.1 Å². The standard InChI is InChI=1S/C16H19N3O3/c1-18-8-5-9-19(11-10-18)15-13(16(20)21)14(22-17-15)12-6-3-2-4-7-12/h2-4,6-7H,5,8-11H2,1H3,(H,20,21). The Morgan fingerprint density at radius 2 is 1.95 bits per heavy atom. The fraction of sp³-hybridized carbons (Fsp3) is 0.375. The Balaban J connectivity index is 1.98. The summed E-state index contributed by atoms with van der Waals surface area (Å²) in [4.78, 5) is 16.0. The number of hydrogen-bond donors (Lipinski definition) is 1. The van der Waals surface area contributed by atoms with Crippen LogP contribution in [0.2, 0.25) is 0 Å². The molecule has 1 fully saturated rings. The van der Waals surface area contributed by atoms with Gasteiger partial charge in [0, 0.05) is 25.2 Å². The van der Waals surface area contributed by atoms with E-state index in [1.54, 1.807) is 0 Å². The highest BCUT2D eigenvalue weighted by Crippen LogP contribution is 2.31. The summed E-state index contributed by atoms with van der Waals surface area (Å²) < 4.78 is 5.38. The molecule has 1 saturated heterocycles. The van der Waals surface area contributed by atoms with Crippen LogP contribution < -0.4 is 4.90 Å². The molecule has 0 atom stereocenters. The number of rotatable bonds is 3. The maximum Gasteiger partial charge on any atom is 0.343 e. The zero-order valence-electron chi connectivity index (χ0n) is 12.5. The third-order valence-electron chi connectivity index (χ3n) is 3.94. The van der Waals surface area contributed by atoms with Crippen LogP contribution in [0.15, 0.2) is 34.9 Å². The van der Waals surface area contributed by atoms with E-state index < -0.39 is 5.97 Å². The van der Waals surface area contributed by atoms with Gasteiger partial charge in [0.15, 0.2) is 17.1 Å². The first-order chi connectivity index (χ1) is 10.7. The molecule has 0 unspecified atom stereocenters. The van der Waals surface area contributed by atoms with Crippen molar-refractivity contribution in [1.29, 1.82) is 0 Å². The Labute approximate surface area is 128 Å². The molecule has 1 aliphatic heterocycles. The van der Waals surface area contributed by atoms with Crippen molar-refractivity contribution in [1.82, 2.24) is 10.1 Å². The van der Waals surface area contributed by atoms with Gasteiger partial charge in [-0.2, -0.15) is 0 Å². The van der Waals surface area contributed by atoms with Crippen LogP contribution >= 0.6 is 0 Å². The normalized spacial score (nSPS) is 16.5. The van der Waals surface area contributed by atoms with E-state index in [0.29, 0.717) is 11.6 Å². The van der Waals surface area contributed by atoms with E-state index in [9.17, 15) is 9.90 Å². The van der Waals surface area contributed by atoms with Gasteiger partial charge in [0.25, 0.3) is 0 Å². The minimum atomic E-state index is -1.01. The molecule has 0 radical (unpaired) electrons. The highest BCUT2D eigenvalue weighted by atomic mass is 16.5. The monoisotopic (exact) mass is 301 g/mol. The average molecular weight is 301 g/mol. The van der Waals surface area contributed by atoms with Crippen molar-refractivity contribution >= 4 is 11.8 Å². The van der Waals surface area contributed by atoms with Gasteiger partial charge in [-0.1, -0.05) is 35.5 Å². The van der Waals surface area contributed by atoms with Crippen LogP contribution in [-0.4, -0.2) is 54.4 Å². The van der Waals surface area contributed by atoms with Crippen molar-refractivity contribution in [3.05, 3.63) is 35.9 Å². The highest BCUT2D eigenvalue weighted by Gasteiger charge is 2.28. The molecule has 0 aliphatic carbocycles. The maximum absolute atomic E-state index is 11.7. The molecular formula is C16H19N3O3. The number of benzene rings is 1. The van der Waals surface area contributed by atoms with Gasteiger partial charge < -0.3 is 19.4 Å². The third-order valence-corrected chi connectivity index (χ3v) is 3.94. The van der Waals surface area contributed by atoms with Gasteiger partial charge in [0.1, 0.15) is 0 Å². The summed E-state index contributed by atoms with van der Waals surface area (Å²) in [5, 5.41) is 13.7. The number of hydrogen-bond acceptors (Lipinski definition) is 5. The van der Waals surface area contributed by atoms with Crippen LogP contribution in [0.25, 0.3) is 11.3 Å². The van der Waals surface area contributed by atoms with Crippen LogP contribution in [0, 0.1) is 0 Å². The topological polar surface area (TPSA) is 69.8 Å². The van der Waals surface area contributed by atoms with Gasteiger partial charge in [-0.05, 0) is 20.0 Å². The van der Waals surface area contributed by atoms with E-state index >= 15 is 0 Å². The highest BCUT2D eigenvalue weighted by molar-refractivity contribution is 5.99. The molecule has 6 nitrogen and oxygen atoms in total. The van der Waals surface area contributed by atoms with Gasteiger partial charge in [0.2, 0.25) is 0 Å². The lowest BCUT2D eigenvalue weighted by atomic mass is 10.1. The zero-order chi connectivity index (χ0) is 15.5. The SMILES string of the molecule is CN1CCCN(c2noc(-c3ccccc3)c2C(=O)O)CC1. The lowest BCUT2D eigenvalue weighted by Gasteiger charge is -2.19. The minimum absolute atomic E-state index is 0.149. The van der Waals surface area contributed by atoms with E-state index in [4.69, 9.17) is 4.52 Å². The molecule has 1 aromatic carbocycles. The van der Waals surface area contributed by atoms with Crippen LogP contribution in [0.4, 0.5) is 5.82 Å². The number of anilines is 1. The number of carboxylic acid groups (broad SMARTS) is 1. The number of carboxylic acids is 1. The molecule has 0 amide bonds. The Morgan fingerprint density at radius 1 is 1.18 bits per heavy atom. The Morgan fingerprint density at radius 3 is 2.68 bits per heavy atom. The van der Waals surface area contributed by atoms with Crippen molar-refractivity contribution < 1.29 is 14.4 Å². The first kappa shape index (κ1) is 14.6. The number of carbonyl (C=O) groups is 1. The van der Waals surface area contributed by atoms with E-state index in [1.807, 2.05) is 35.2 Å². The molecule has 1 aromatic heterocycles. The van der Waals surface area contributed by atoms with E-state index in [0.717, 1.165) is 38.2 Å². The molecule has 1 N–H and O–H groups in total. The van der Waals surface area contributed by atoms with Gasteiger partial charge in [-0.15, -0.1) is 0 Å². The molecule has 116 valence electrons. The van der Waals surface area contributed by atoms with Crippen molar-refractivity contribution in [3.8, 4) is 11.3 Å². The van der Waals surface area contributed by atoms with Crippen molar-refractivity contribution in [2.45, 2.75) is 6.42 Å².